The number of aromatic nitrogens is 4. The van der Waals surface area contributed by atoms with Crippen molar-refractivity contribution in [3.8, 4) is 11.4 Å². The molecule has 0 radical (unpaired) electrons. The van der Waals surface area contributed by atoms with Crippen molar-refractivity contribution in [1.29, 1.82) is 0 Å². The van der Waals surface area contributed by atoms with E-state index in [1.165, 1.54) is 6.42 Å². The normalized spacial score (nSPS) is 20.9. The average molecular weight is 328 g/mol. The Bertz CT molecular complexity index is 703. The van der Waals surface area contributed by atoms with Crippen molar-refractivity contribution < 1.29 is 4.79 Å². The van der Waals surface area contributed by atoms with E-state index in [4.69, 9.17) is 0 Å². The first-order valence-corrected chi connectivity index (χ1v) is 8.44. The molecule has 1 N–H and O–H groups in total. The van der Waals surface area contributed by atoms with E-state index in [0.717, 1.165) is 24.1 Å². The van der Waals surface area contributed by atoms with Crippen molar-refractivity contribution in [3.05, 3.63) is 24.3 Å². The number of likely N-dealkylation sites (tertiary alicyclic amines) is 1. The first kappa shape index (κ1) is 16.4. The maximum atomic E-state index is 12.6. The van der Waals surface area contributed by atoms with Crippen LogP contribution in [0.2, 0.25) is 0 Å². The van der Waals surface area contributed by atoms with Crippen LogP contribution in [0, 0.1) is 0 Å². The first-order chi connectivity index (χ1) is 11.6. The van der Waals surface area contributed by atoms with Crippen molar-refractivity contribution in [2.24, 2.45) is 7.05 Å². The molecular weight excluding hydrogens is 304 g/mol. The van der Waals surface area contributed by atoms with Crippen LogP contribution in [0.1, 0.15) is 33.1 Å². The van der Waals surface area contributed by atoms with E-state index < -0.39 is 0 Å². The Kier molecular flexibility index (Phi) is 4.78. The summed E-state index contributed by atoms with van der Waals surface area (Å²) in [5, 5.41) is 14.8. The summed E-state index contributed by atoms with van der Waals surface area (Å²) < 4.78 is 1.63. The summed E-state index contributed by atoms with van der Waals surface area (Å²) in [6.45, 7) is 4.57. The van der Waals surface area contributed by atoms with Gasteiger partial charge in [-0.15, -0.1) is 5.10 Å². The Hall–Kier alpha value is -2.44. The van der Waals surface area contributed by atoms with Gasteiger partial charge in [-0.25, -0.2) is 4.68 Å². The maximum absolute atomic E-state index is 12.6. The topological polar surface area (TPSA) is 75.9 Å². The SMILES string of the molecule is C[C@H]1CCC[C@H](C)N1C(=O)CNc1cccc(-c2nnnn2C)c1. The Morgan fingerprint density at radius 2 is 2.04 bits per heavy atom. The molecule has 0 spiro atoms. The van der Waals surface area contributed by atoms with Gasteiger partial charge in [-0.3, -0.25) is 4.79 Å². The molecule has 2 heterocycles. The summed E-state index contributed by atoms with van der Waals surface area (Å²) in [6, 6.07) is 8.43. The zero-order valence-electron chi connectivity index (χ0n) is 14.4. The van der Waals surface area contributed by atoms with Gasteiger partial charge in [-0.05, 0) is 55.7 Å². The number of anilines is 1. The van der Waals surface area contributed by atoms with E-state index in [2.05, 4.69) is 34.7 Å². The van der Waals surface area contributed by atoms with Crippen molar-refractivity contribution >= 4 is 11.6 Å². The van der Waals surface area contributed by atoms with Crippen LogP contribution >= 0.6 is 0 Å². The van der Waals surface area contributed by atoms with Crippen molar-refractivity contribution in [1.82, 2.24) is 25.1 Å². The Balaban J connectivity index is 1.66. The lowest BCUT2D eigenvalue weighted by atomic mass is 9.97. The number of piperidine rings is 1. The molecule has 1 saturated heterocycles. The standard InChI is InChI=1S/C17H24N6O/c1-12-6-4-7-13(2)23(12)16(24)11-18-15-9-5-8-14(10-15)17-19-20-21-22(17)3/h5,8-10,12-13,18H,4,6-7,11H2,1-3H3/t12-,13-/m0/s1. The molecule has 24 heavy (non-hydrogen) atoms. The van der Waals surface area contributed by atoms with Crippen LogP contribution < -0.4 is 5.32 Å². The highest BCUT2D eigenvalue weighted by atomic mass is 16.2. The number of benzene rings is 1. The van der Waals surface area contributed by atoms with Gasteiger partial charge in [-0.2, -0.15) is 0 Å². The van der Waals surface area contributed by atoms with Gasteiger partial charge in [0.05, 0.1) is 6.54 Å². The Morgan fingerprint density at radius 3 is 2.71 bits per heavy atom. The molecule has 0 bridgehead atoms. The summed E-state index contributed by atoms with van der Waals surface area (Å²) in [5.74, 6) is 0.851. The second kappa shape index (κ2) is 6.98. The quantitative estimate of drug-likeness (QED) is 0.930. The Morgan fingerprint density at radius 1 is 1.29 bits per heavy atom. The molecule has 7 heteroatoms. The number of nitrogens with one attached hydrogen (secondary N) is 1. The molecule has 1 aromatic carbocycles. The second-order valence-corrected chi connectivity index (χ2v) is 6.49. The monoisotopic (exact) mass is 328 g/mol. The minimum atomic E-state index is 0.153. The van der Waals surface area contributed by atoms with Crippen LogP contribution in [0.4, 0.5) is 5.69 Å². The average Bonchev–Trinajstić information content (AvgIpc) is 2.99. The fourth-order valence-electron chi connectivity index (χ4n) is 3.42. The third-order valence-corrected chi connectivity index (χ3v) is 4.67. The molecule has 0 aliphatic carbocycles. The minimum absolute atomic E-state index is 0.153. The predicted molar refractivity (Wildman–Crippen MR) is 92.3 cm³/mol. The lowest BCUT2D eigenvalue weighted by Crippen LogP contribution is -2.49. The highest BCUT2D eigenvalue weighted by Gasteiger charge is 2.28. The zero-order chi connectivity index (χ0) is 17.1. The third kappa shape index (κ3) is 3.39. The van der Waals surface area contributed by atoms with Gasteiger partial charge in [0.1, 0.15) is 0 Å². The van der Waals surface area contributed by atoms with Gasteiger partial charge in [0.2, 0.25) is 5.91 Å². The molecule has 7 nitrogen and oxygen atoms in total. The second-order valence-electron chi connectivity index (χ2n) is 6.49. The van der Waals surface area contributed by atoms with Crippen LogP contribution in [-0.4, -0.2) is 49.6 Å². The van der Waals surface area contributed by atoms with Gasteiger partial charge >= 0.3 is 0 Å². The molecule has 2 atom stereocenters. The molecule has 1 amide bonds. The van der Waals surface area contributed by atoms with Crippen molar-refractivity contribution in [2.45, 2.75) is 45.2 Å². The molecule has 1 fully saturated rings. The van der Waals surface area contributed by atoms with E-state index >= 15 is 0 Å². The van der Waals surface area contributed by atoms with Gasteiger partial charge in [0.15, 0.2) is 5.82 Å². The first-order valence-electron chi connectivity index (χ1n) is 8.44. The van der Waals surface area contributed by atoms with E-state index in [9.17, 15) is 4.79 Å². The van der Waals surface area contributed by atoms with E-state index in [0.29, 0.717) is 24.5 Å². The van der Waals surface area contributed by atoms with Crippen LogP contribution in [0.5, 0.6) is 0 Å². The minimum Gasteiger partial charge on any atom is -0.376 e. The number of hydrogen-bond acceptors (Lipinski definition) is 5. The molecule has 1 aliphatic heterocycles. The largest absolute Gasteiger partial charge is 0.376 e. The molecule has 128 valence electrons. The maximum Gasteiger partial charge on any atom is 0.242 e. The molecular formula is C17H24N6O. The molecule has 2 aromatic rings. The van der Waals surface area contributed by atoms with Crippen LogP contribution in [0.15, 0.2) is 24.3 Å². The van der Waals surface area contributed by atoms with Crippen LogP contribution in [0.3, 0.4) is 0 Å². The van der Waals surface area contributed by atoms with Gasteiger partial charge < -0.3 is 10.2 Å². The van der Waals surface area contributed by atoms with E-state index in [1.54, 1.807) is 11.7 Å². The lowest BCUT2D eigenvalue weighted by Gasteiger charge is -2.39. The van der Waals surface area contributed by atoms with Gasteiger partial charge in [-0.1, -0.05) is 12.1 Å². The lowest BCUT2D eigenvalue weighted by molar-refractivity contribution is -0.135. The van der Waals surface area contributed by atoms with Gasteiger partial charge in [0, 0.05) is 30.4 Å². The van der Waals surface area contributed by atoms with Crippen molar-refractivity contribution in [2.75, 3.05) is 11.9 Å². The predicted octanol–water partition coefficient (Wildman–Crippen LogP) is 2.08. The molecule has 0 saturated carbocycles. The van der Waals surface area contributed by atoms with E-state index in [1.807, 2.05) is 29.2 Å². The number of hydrogen-bond donors (Lipinski definition) is 1. The smallest absolute Gasteiger partial charge is 0.242 e. The fourth-order valence-corrected chi connectivity index (χ4v) is 3.42. The summed E-state index contributed by atoms with van der Waals surface area (Å²) >= 11 is 0. The third-order valence-electron chi connectivity index (χ3n) is 4.67. The zero-order valence-corrected chi connectivity index (χ0v) is 14.4. The summed E-state index contributed by atoms with van der Waals surface area (Å²) in [7, 11) is 1.80. The Labute approximate surface area is 142 Å². The molecule has 0 unspecified atom stereocenters. The van der Waals surface area contributed by atoms with Crippen LogP contribution in [-0.2, 0) is 11.8 Å². The van der Waals surface area contributed by atoms with E-state index in [-0.39, 0.29) is 5.91 Å². The number of nitrogens with zero attached hydrogens (tertiary/aromatic N) is 5. The van der Waals surface area contributed by atoms with Crippen LogP contribution in [0.25, 0.3) is 11.4 Å². The number of aryl methyl sites for hydroxylation is 1. The van der Waals surface area contributed by atoms with Gasteiger partial charge in [0.25, 0.3) is 0 Å². The molecule has 1 aromatic heterocycles. The number of amides is 1. The molecule has 1 aliphatic rings. The molecule has 3 rings (SSSR count). The summed E-state index contributed by atoms with van der Waals surface area (Å²) in [4.78, 5) is 14.6. The number of tetrazole rings is 1. The summed E-state index contributed by atoms with van der Waals surface area (Å²) in [6.07, 6.45) is 3.38. The number of rotatable bonds is 4. The van der Waals surface area contributed by atoms with Crippen molar-refractivity contribution in [3.63, 3.8) is 0 Å². The number of carbonyl (C=O) groups is 1. The summed E-state index contributed by atoms with van der Waals surface area (Å²) in [5.41, 5.74) is 1.81. The highest BCUT2D eigenvalue weighted by Crippen LogP contribution is 2.23. The number of carbonyl (C=O) groups excluding carboxylic acids is 1. The fraction of sp³-hybridized carbons (Fsp3) is 0.529. The highest BCUT2D eigenvalue weighted by molar-refractivity contribution is 5.81.